The molecule has 0 aliphatic carbocycles. The lowest BCUT2D eigenvalue weighted by Gasteiger charge is -2.09. The Kier molecular flexibility index (Phi) is 3.91. The summed E-state index contributed by atoms with van der Waals surface area (Å²) in [6.45, 7) is 0.810. The first kappa shape index (κ1) is 13.6. The summed E-state index contributed by atoms with van der Waals surface area (Å²) in [6, 6.07) is 2.10. The number of pyridine rings is 1. The number of fused-ring (bicyclic) bond motifs is 1. The summed E-state index contributed by atoms with van der Waals surface area (Å²) >= 11 is 3.20. The van der Waals surface area contributed by atoms with E-state index in [1.54, 1.807) is 0 Å². The summed E-state index contributed by atoms with van der Waals surface area (Å²) < 4.78 is 13.9. The number of rotatable bonds is 4. The van der Waals surface area contributed by atoms with Crippen LogP contribution in [-0.4, -0.2) is 23.0 Å². The highest BCUT2D eigenvalue weighted by atomic mass is 79.9. The van der Waals surface area contributed by atoms with Crippen molar-refractivity contribution < 1.29 is 9.31 Å². The molecule has 8 heteroatoms. The topological polar surface area (TPSA) is 94.1 Å². The Bertz CT molecular complexity index is 650. The quantitative estimate of drug-likeness (QED) is 0.664. The monoisotopic (exact) mass is 328 g/mol. The zero-order chi connectivity index (χ0) is 14.0. The van der Waals surface area contributed by atoms with Crippen molar-refractivity contribution in [2.45, 2.75) is 0 Å². The Balaban J connectivity index is 2.75. The first-order valence-corrected chi connectivity index (χ1v) is 6.20. The van der Waals surface area contributed by atoms with Crippen LogP contribution in [-0.2, 0) is 0 Å². The highest BCUT2D eigenvalue weighted by Crippen LogP contribution is 2.35. The van der Waals surface area contributed by atoms with Crippen molar-refractivity contribution in [2.24, 2.45) is 5.73 Å². The van der Waals surface area contributed by atoms with E-state index in [0.717, 1.165) is 6.07 Å². The number of nitrogens with zero attached hydrogens (tertiary/aromatic N) is 2. The highest BCUT2D eigenvalue weighted by molar-refractivity contribution is 9.10. The fourth-order valence-corrected chi connectivity index (χ4v) is 2.28. The lowest BCUT2D eigenvalue weighted by Crippen LogP contribution is -2.14. The van der Waals surface area contributed by atoms with Crippen molar-refractivity contribution in [1.82, 2.24) is 4.98 Å². The van der Waals surface area contributed by atoms with E-state index in [1.165, 1.54) is 12.3 Å². The van der Waals surface area contributed by atoms with E-state index in [4.69, 9.17) is 5.73 Å². The zero-order valence-electron chi connectivity index (χ0n) is 9.69. The lowest BCUT2D eigenvalue weighted by atomic mass is 10.1. The number of anilines is 1. The van der Waals surface area contributed by atoms with Gasteiger partial charge in [-0.25, -0.2) is 9.37 Å². The van der Waals surface area contributed by atoms with Gasteiger partial charge >= 0.3 is 0 Å². The van der Waals surface area contributed by atoms with Crippen LogP contribution in [0.1, 0.15) is 0 Å². The molecule has 0 bridgehead atoms. The molecular formula is C11H10BrFN4O2. The molecule has 2 rings (SSSR count). The van der Waals surface area contributed by atoms with Crippen LogP contribution < -0.4 is 11.1 Å². The molecule has 3 N–H and O–H groups in total. The highest BCUT2D eigenvalue weighted by Gasteiger charge is 2.19. The average molecular weight is 329 g/mol. The van der Waals surface area contributed by atoms with Crippen molar-refractivity contribution in [2.75, 3.05) is 18.4 Å². The third-order valence-corrected chi connectivity index (χ3v) is 3.12. The molecule has 0 unspecified atom stereocenters. The summed E-state index contributed by atoms with van der Waals surface area (Å²) in [6.07, 6.45) is 1.44. The SMILES string of the molecule is NCCNc1ncc(Br)c2c([N+](=O)[O-])cc(F)cc12. The van der Waals surface area contributed by atoms with Crippen LogP contribution in [0.3, 0.4) is 0 Å². The van der Waals surface area contributed by atoms with Crippen molar-refractivity contribution in [3.63, 3.8) is 0 Å². The molecule has 0 radical (unpaired) electrons. The minimum atomic E-state index is -0.685. The van der Waals surface area contributed by atoms with Gasteiger partial charge in [0.05, 0.1) is 20.8 Å². The molecular weight excluding hydrogens is 319 g/mol. The smallest absolute Gasteiger partial charge is 0.281 e. The Morgan fingerprint density at radius 2 is 2.26 bits per heavy atom. The first-order chi connectivity index (χ1) is 9.04. The van der Waals surface area contributed by atoms with E-state index < -0.39 is 10.7 Å². The van der Waals surface area contributed by atoms with Gasteiger partial charge in [0.2, 0.25) is 0 Å². The van der Waals surface area contributed by atoms with Gasteiger partial charge in [0, 0.05) is 24.7 Å². The summed E-state index contributed by atoms with van der Waals surface area (Å²) in [5, 5.41) is 14.6. The summed E-state index contributed by atoms with van der Waals surface area (Å²) in [5.41, 5.74) is 5.07. The molecule has 2 aromatic rings. The normalized spacial score (nSPS) is 10.7. The van der Waals surface area contributed by atoms with Gasteiger partial charge in [-0.15, -0.1) is 0 Å². The van der Waals surface area contributed by atoms with Crippen LogP contribution in [0.2, 0.25) is 0 Å². The lowest BCUT2D eigenvalue weighted by molar-refractivity contribution is -0.383. The molecule has 0 aliphatic rings. The standard InChI is InChI=1S/C11H10BrFN4O2/c12-8-5-16-11(15-2-1-14)7-3-6(13)4-9(10(7)8)17(18)19/h3-5H,1-2,14H2,(H,15,16). The molecule has 0 fully saturated rings. The van der Waals surface area contributed by atoms with Crippen LogP contribution in [0.25, 0.3) is 10.8 Å². The van der Waals surface area contributed by atoms with Crippen LogP contribution in [0.15, 0.2) is 22.8 Å². The van der Waals surface area contributed by atoms with Crippen LogP contribution in [0, 0.1) is 15.9 Å². The summed E-state index contributed by atoms with van der Waals surface area (Å²) in [7, 11) is 0. The zero-order valence-corrected chi connectivity index (χ0v) is 11.3. The van der Waals surface area contributed by atoms with E-state index >= 15 is 0 Å². The van der Waals surface area contributed by atoms with Crippen LogP contribution in [0.4, 0.5) is 15.9 Å². The van der Waals surface area contributed by atoms with Crippen molar-refractivity contribution in [3.05, 3.63) is 38.7 Å². The van der Waals surface area contributed by atoms with Gasteiger partial charge in [-0.1, -0.05) is 0 Å². The third-order valence-electron chi connectivity index (χ3n) is 2.52. The van der Waals surface area contributed by atoms with E-state index in [-0.39, 0.29) is 5.69 Å². The largest absolute Gasteiger partial charge is 0.368 e. The minimum absolute atomic E-state index is 0.305. The molecule has 1 aromatic carbocycles. The van der Waals surface area contributed by atoms with Crippen molar-refractivity contribution >= 4 is 38.2 Å². The predicted octanol–water partition coefficient (Wildman–Crippen LogP) is 2.42. The predicted molar refractivity (Wildman–Crippen MR) is 73.6 cm³/mol. The van der Waals surface area contributed by atoms with E-state index in [1.807, 2.05) is 0 Å². The molecule has 0 spiro atoms. The second-order valence-corrected chi connectivity index (χ2v) is 4.63. The van der Waals surface area contributed by atoms with E-state index in [9.17, 15) is 14.5 Å². The van der Waals surface area contributed by atoms with Gasteiger partial charge in [-0.05, 0) is 22.0 Å². The maximum Gasteiger partial charge on any atom is 0.281 e. The maximum atomic E-state index is 13.5. The van der Waals surface area contributed by atoms with Gasteiger partial charge in [0.25, 0.3) is 5.69 Å². The number of nitrogens with two attached hydrogens (primary N) is 1. The number of nitrogens with one attached hydrogen (secondary N) is 1. The van der Waals surface area contributed by atoms with Gasteiger partial charge in [-0.2, -0.15) is 0 Å². The molecule has 19 heavy (non-hydrogen) atoms. The van der Waals surface area contributed by atoms with Gasteiger partial charge in [0.15, 0.2) is 0 Å². The Morgan fingerprint density at radius 1 is 1.53 bits per heavy atom. The molecule has 0 saturated heterocycles. The Hall–Kier alpha value is -1.80. The minimum Gasteiger partial charge on any atom is -0.368 e. The molecule has 1 heterocycles. The second kappa shape index (κ2) is 5.45. The molecule has 0 aliphatic heterocycles. The van der Waals surface area contributed by atoms with Gasteiger partial charge in [-0.3, -0.25) is 10.1 Å². The summed E-state index contributed by atoms with van der Waals surface area (Å²) in [5.74, 6) is -0.318. The Labute approximate surface area is 116 Å². The summed E-state index contributed by atoms with van der Waals surface area (Å²) in [4.78, 5) is 14.5. The number of nitro groups is 1. The second-order valence-electron chi connectivity index (χ2n) is 3.77. The number of halogens is 2. The Morgan fingerprint density at radius 3 is 2.89 bits per heavy atom. The fourth-order valence-electron chi connectivity index (χ4n) is 1.76. The number of non-ortho nitro benzene ring substituents is 1. The van der Waals surface area contributed by atoms with E-state index in [0.29, 0.717) is 34.2 Å². The molecule has 6 nitrogen and oxygen atoms in total. The molecule has 0 amide bonds. The number of benzene rings is 1. The number of nitro benzene ring substituents is 1. The molecule has 100 valence electrons. The van der Waals surface area contributed by atoms with Crippen molar-refractivity contribution in [1.29, 1.82) is 0 Å². The van der Waals surface area contributed by atoms with E-state index in [2.05, 4.69) is 26.2 Å². The van der Waals surface area contributed by atoms with Gasteiger partial charge < -0.3 is 11.1 Å². The van der Waals surface area contributed by atoms with Gasteiger partial charge in [0.1, 0.15) is 11.6 Å². The molecule has 0 saturated carbocycles. The molecule has 1 aromatic heterocycles. The fraction of sp³-hybridized carbons (Fsp3) is 0.182. The number of hydrogen-bond donors (Lipinski definition) is 2. The van der Waals surface area contributed by atoms with Crippen molar-refractivity contribution in [3.8, 4) is 0 Å². The number of aromatic nitrogens is 1. The molecule has 0 atom stereocenters. The van der Waals surface area contributed by atoms with Crippen LogP contribution in [0.5, 0.6) is 0 Å². The maximum absolute atomic E-state index is 13.5. The third kappa shape index (κ3) is 2.64. The first-order valence-electron chi connectivity index (χ1n) is 5.40. The average Bonchev–Trinajstić information content (AvgIpc) is 2.37. The van der Waals surface area contributed by atoms with Crippen LogP contribution >= 0.6 is 15.9 Å². The number of hydrogen-bond acceptors (Lipinski definition) is 5.